The number of hydrogen-bond acceptors (Lipinski definition) is 3. The van der Waals surface area contributed by atoms with Crippen LogP contribution in [-0.4, -0.2) is 5.11 Å². The molecule has 1 aliphatic rings. The van der Waals surface area contributed by atoms with Gasteiger partial charge in [0.15, 0.2) is 0 Å². The molecule has 1 atom stereocenters. The summed E-state index contributed by atoms with van der Waals surface area (Å²) < 4.78 is 0. The van der Waals surface area contributed by atoms with Crippen molar-refractivity contribution in [1.29, 1.82) is 5.26 Å². The van der Waals surface area contributed by atoms with E-state index in [-0.39, 0.29) is 0 Å². The fraction of sp³-hybridized carbons (Fsp3) is 0.706. The zero-order chi connectivity index (χ0) is 14.8. The largest absolute Gasteiger partial charge is 0.383 e. The van der Waals surface area contributed by atoms with Crippen LogP contribution < -0.4 is 0 Å². The van der Waals surface area contributed by atoms with Crippen LogP contribution >= 0.6 is 11.3 Å². The lowest BCUT2D eigenvalue weighted by atomic mass is 9.61. The quantitative estimate of drug-likeness (QED) is 0.868. The normalized spacial score (nSPS) is 29.6. The monoisotopic (exact) mass is 291 g/mol. The lowest BCUT2D eigenvalue weighted by Crippen LogP contribution is -2.45. The molecule has 20 heavy (non-hydrogen) atoms. The molecule has 1 aromatic rings. The smallest absolute Gasteiger partial charge is 0.115 e. The molecule has 1 aliphatic carbocycles. The van der Waals surface area contributed by atoms with E-state index in [1.807, 2.05) is 25.3 Å². The predicted octanol–water partition coefficient (Wildman–Crippen LogP) is 4.76. The van der Waals surface area contributed by atoms with E-state index in [4.69, 9.17) is 0 Å². The topological polar surface area (TPSA) is 44.0 Å². The summed E-state index contributed by atoms with van der Waals surface area (Å²) in [6, 6.07) is 4.52. The summed E-state index contributed by atoms with van der Waals surface area (Å²) >= 11 is 1.57. The minimum Gasteiger partial charge on any atom is -0.383 e. The molecule has 1 saturated carbocycles. The molecule has 0 spiro atoms. The van der Waals surface area contributed by atoms with Gasteiger partial charge >= 0.3 is 0 Å². The molecular formula is C17H25NOS. The Kier molecular flexibility index (Phi) is 4.56. The standard InChI is InChI=1S/C17H25NOS/c1-4-5-14-6-9-17(12-18,10-7-14)16(3,19)15-13(2)8-11-20-15/h8,11,14,19H,4-7,9-10H2,1-3H3. The van der Waals surface area contributed by atoms with Gasteiger partial charge in [0.2, 0.25) is 0 Å². The van der Waals surface area contributed by atoms with Gasteiger partial charge in [-0.1, -0.05) is 19.8 Å². The summed E-state index contributed by atoms with van der Waals surface area (Å²) in [5.41, 5.74) is -0.547. The van der Waals surface area contributed by atoms with Gasteiger partial charge in [0.25, 0.3) is 0 Å². The number of thiophene rings is 1. The molecule has 2 nitrogen and oxygen atoms in total. The molecule has 0 amide bonds. The van der Waals surface area contributed by atoms with Gasteiger partial charge in [-0.25, -0.2) is 0 Å². The molecule has 0 aromatic carbocycles. The molecule has 1 unspecified atom stereocenters. The number of rotatable bonds is 4. The van der Waals surface area contributed by atoms with Crippen molar-refractivity contribution in [3.63, 3.8) is 0 Å². The van der Waals surface area contributed by atoms with Crippen LogP contribution in [0.2, 0.25) is 0 Å². The highest BCUT2D eigenvalue weighted by Crippen LogP contribution is 2.52. The summed E-state index contributed by atoms with van der Waals surface area (Å²) in [5, 5.41) is 22.9. The van der Waals surface area contributed by atoms with Gasteiger partial charge < -0.3 is 5.11 Å². The number of nitriles is 1. The van der Waals surface area contributed by atoms with Crippen LogP contribution in [-0.2, 0) is 5.60 Å². The molecule has 0 saturated heterocycles. The third-order valence-corrected chi connectivity index (χ3v) is 6.33. The minimum atomic E-state index is -1.03. The first-order valence-corrected chi connectivity index (χ1v) is 8.53. The van der Waals surface area contributed by atoms with Crippen molar-refractivity contribution >= 4 is 11.3 Å². The summed E-state index contributed by atoms with van der Waals surface area (Å²) in [7, 11) is 0. The van der Waals surface area contributed by atoms with Crippen LogP contribution in [0.1, 0.15) is 62.8 Å². The van der Waals surface area contributed by atoms with Crippen molar-refractivity contribution < 1.29 is 5.11 Å². The van der Waals surface area contributed by atoms with Crippen LogP contribution in [0.25, 0.3) is 0 Å². The molecule has 1 aromatic heterocycles. The number of aliphatic hydroxyl groups is 1. The molecule has 3 heteroatoms. The summed E-state index contributed by atoms with van der Waals surface area (Å²) in [6.45, 7) is 6.08. The van der Waals surface area contributed by atoms with Crippen molar-refractivity contribution in [3.8, 4) is 6.07 Å². The Labute approximate surface area is 126 Å². The summed E-state index contributed by atoms with van der Waals surface area (Å²) in [4.78, 5) is 0.966. The molecule has 1 N–H and O–H groups in total. The second-order valence-corrected chi connectivity index (χ2v) is 7.35. The second-order valence-electron chi connectivity index (χ2n) is 6.43. The Hall–Kier alpha value is -0.850. The van der Waals surface area contributed by atoms with Crippen molar-refractivity contribution in [2.75, 3.05) is 0 Å². The Morgan fingerprint density at radius 3 is 2.60 bits per heavy atom. The fourth-order valence-electron chi connectivity index (χ4n) is 3.66. The van der Waals surface area contributed by atoms with E-state index < -0.39 is 11.0 Å². The Bertz CT molecular complexity index is 489. The predicted molar refractivity (Wildman–Crippen MR) is 83.5 cm³/mol. The zero-order valence-electron chi connectivity index (χ0n) is 12.8. The van der Waals surface area contributed by atoms with E-state index in [2.05, 4.69) is 13.0 Å². The number of aryl methyl sites for hydroxylation is 1. The highest BCUT2D eigenvalue weighted by Gasteiger charge is 2.51. The third kappa shape index (κ3) is 2.52. The minimum absolute atomic E-state index is 0.618. The third-order valence-electron chi connectivity index (χ3n) is 5.11. The van der Waals surface area contributed by atoms with Gasteiger partial charge in [-0.3, -0.25) is 0 Å². The Morgan fingerprint density at radius 1 is 1.50 bits per heavy atom. The maximum atomic E-state index is 11.1. The van der Waals surface area contributed by atoms with Gasteiger partial charge in [0.1, 0.15) is 5.60 Å². The van der Waals surface area contributed by atoms with E-state index in [0.717, 1.165) is 42.0 Å². The summed E-state index contributed by atoms with van der Waals surface area (Å²) in [6.07, 6.45) is 6.24. The second kappa shape index (κ2) is 5.87. The average Bonchev–Trinajstić information content (AvgIpc) is 2.87. The SMILES string of the molecule is CCCC1CCC(C#N)(C(C)(O)c2sccc2C)CC1. The van der Waals surface area contributed by atoms with Crippen molar-refractivity contribution in [2.24, 2.45) is 11.3 Å². The van der Waals surface area contributed by atoms with E-state index in [0.29, 0.717) is 0 Å². The molecule has 0 radical (unpaired) electrons. The van der Waals surface area contributed by atoms with Crippen LogP contribution in [0.15, 0.2) is 11.4 Å². The molecular weight excluding hydrogens is 266 g/mol. The van der Waals surface area contributed by atoms with E-state index in [1.165, 1.54) is 12.8 Å². The number of hydrogen-bond donors (Lipinski definition) is 1. The van der Waals surface area contributed by atoms with E-state index in [9.17, 15) is 10.4 Å². The van der Waals surface area contributed by atoms with Crippen LogP contribution in [0.4, 0.5) is 0 Å². The highest BCUT2D eigenvalue weighted by molar-refractivity contribution is 7.10. The molecule has 1 fully saturated rings. The van der Waals surface area contributed by atoms with Gasteiger partial charge in [-0.15, -0.1) is 11.3 Å². The zero-order valence-corrected chi connectivity index (χ0v) is 13.6. The maximum Gasteiger partial charge on any atom is 0.115 e. The Balaban J connectivity index is 2.25. The average molecular weight is 291 g/mol. The molecule has 0 bridgehead atoms. The molecule has 1 heterocycles. The van der Waals surface area contributed by atoms with Crippen molar-refractivity contribution in [3.05, 3.63) is 21.9 Å². The van der Waals surface area contributed by atoms with Crippen molar-refractivity contribution in [2.45, 2.75) is 64.9 Å². The van der Waals surface area contributed by atoms with Crippen LogP contribution in [0.5, 0.6) is 0 Å². The first-order chi connectivity index (χ1) is 9.47. The van der Waals surface area contributed by atoms with Crippen LogP contribution in [0.3, 0.4) is 0 Å². The lowest BCUT2D eigenvalue weighted by Gasteiger charge is -2.44. The van der Waals surface area contributed by atoms with Crippen molar-refractivity contribution in [1.82, 2.24) is 0 Å². The van der Waals surface area contributed by atoms with Gasteiger partial charge in [-0.05, 0) is 62.5 Å². The summed E-state index contributed by atoms with van der Waals surface area (Å²) in [5.74, 6) is 0.738. The maximum absolute atomic E-state index is 11.1. The van der Waals surface area contributed by atoms with E-state index in [1.54, 1.807) is 11.3 Å². The molecule has 2 rings (SSSR count). The van der Waals surface area contributed by atoms with Gasteiger partial charge in [0.05, 0.1) is 11.5 Å². The molecule has 110 valence electrons. The first-order valence-electron chi connectivity index (χ1n) is 7.65. The van der Waals surface area contributed by atoms with Gasteiger partial charge in [-0.2, -0.15) is 5.26 Å². The Morgan fingerprint density at radius 2 is 2.15 bits per heavy atom. The highest BCUT2D eigenvalue weighted by atomic mass is 32.1. The van der Waals surface area contributed by atoms with Crippen LogP contribution in [0, 0.1) is 29.6 Å². The van der Waals surface area contributed by atoms with Gasteiger partial charge in [0, 0.05) is 4.88 Å². The first kappa shape index (κ1) is 15.5. The number of nitrogens with zero attached hydrogens (tertiary/aromatic N) is 1. The molecule has 0 aliphatic heterocycles. The van der Waals surface area contributed by atoms with E-state index >= 15 is 0 Å². The fourth-order valence-corrected chi connectivity index (χ4v) is 4.75. The lowest BCUT2D eigenvalue weighted by molar-refractivity contribution is -0.0676.